The number of hydrogen-bond donors (Lipinski definition) is 2. The maximum Gasteiger partial charge on any atom is 0.269 e. The lowest BCUT2D eigenvalue weighted by Gasteiger charge is -2.26. The topological polar surface area (TPSA) is 82.2 Å². The Morgan fingerprint density at radius 3 is 2.90 bits per heavy atom. The average Bonchev–Trinajstić information content (AvgIpc) is 2.93. The predicted molar refractivity (Wildman–Crippen MR) is 79.6 cm³/mol. The van der Waals surface area contributed by atoms with E-state index in [1.807, 2.05) is 35.9 Å². The number of benzene rings is 1. The fourth-order valence-electron chi connectivity index (χ4n) is 2.60. The number of carbonyl (C=O) groups is 1. The largest absolute Gasteiger partial charge is 0.494 e. The Morgan fingerprint density at radius 1 is 1.48 bits per heavy atom. The zero-order valence-electron chi connectivity index (χ0n) is 11.9. The van der Waals surface area contributed by atoms with E-state index in [4.69, 9.17) is 10.5 Å². The molecule has 1 atom stereocenters. The predicted octanol–water partition coefficient (Wildman–Crippen LogP) is 1.79. The molecule has 6 heteroatoms. The van der Waals surface area contributed by atoms with E-state index in [1.165, 1.54) is 0 Å². The summed E-state index contributed by atoms with van der Waals surface area (Å²) in [6.45, 7) is 3.45. The van der Waals surface area contributed by atoms with Crippen molar-refractivity contribution in [2.45, 2.75) is 19.4 Å². The highest BCUT2D eigenvalue weighted by Gasteiger charge is 2.24. The van der Waals surface area contributed by atoms with Gasteiger partial charge in [-0.15, -0.1) is 0 Å². The van der Waals surface area contributed by atoms with E-state index in [0.29, 0.717) is 6.61 Å². The minimum absolute atomic E-state index is 0.102. The van der Waals surface area contributed by atoms with Gasteiger partial charge in [-0.05, 0) is 31.0 Å². The van der Waals surface area contributed by atoms with Crippen LogP contribution in [0.2, 0.25) is 0 Å². The van der Waals surface area contributed by atoms with Crippen molar-refractivity contribution in [2.75, 3.05) is 18.5 Å². The highest BCUT2D eigenvalue weighted by molar-refractivity contribution is 5.91. The molecular formula is C15H18N4O2. The van der Waals surface area contributed by atoms with Crippen LogP contribution in [0.25, 0.3) is 0 Å². The third-order valence-electron chi connectivity index (χ3n) is 3.58. The molecule has 1 unspecified atom stereocenters. The normalized spacial score (nSPS) is 16.9. The van der Waals surface area contributed by atoms with Gasteiger partial charge < -0.3 is 15.8 Å². The smallest absolute Gasteiger partial charge is 0.269 e. The average molecular weight is 286 g/mol. The summed E-state index contributed by atoms with van der Waals surface area (Å²) in [4.78, 5) is 11.3. The molecule has 1 aliphatic rings. The third-order valence-corrected chi connectivity index (χ3v) is 3.58. The molecule has 110 valence electrons. The molecule has 0 saturated heterocycles. The van der Waals surface area contributed by atoms with E-state index >= 15 is 0 Å². The molecule has 0 saturated carbocycles. The first-order valence-electron chi connectivity index (χ1n) is 7.05. The standard InChI is InChI=1S/C15H18N4O2/c1-2-21-11-5-3-10(4-6-11)13-7-8-17-14-9-12(15(16)20)18-19(13)14/h3-6,9,13,17H,2,7-8H2,1H3,(H2,16,20). The fourth-order valence-corrected chi connectivity index (χ4v) is 2.60. The number of nitrogens with one attached hydrogen (secondary N) is 1. The number of anilines is 1. The second-order valence-corrected chi connectivity index (χ2v) is 4.96. The van der Waals surface area contributed by atoms with Crippen molar-refractivity contribution in [2.24, 2.45) is 5.73 Å². The molecule has 2 heterocycles. The second kappa shape index (κ2) is 5.47. The monoisotopic (exact) mass is 286 g/mol. The molecule has 0 radical (unpaired) electrons. The van der Waals surface area contributed by atoms with Gasteiger partial charge in [0.15, 0.2) is 5.69 Å². The molecule has 21 heavy (non-hydrogen) atoms. The highest BCUT2D eigenvalue weighted by Crippen LogP contribution is 2.30. The third kappa shape index (κ3) is 2.56. The minimum atomic E-state index is -0.510. The van der Waals surface area contributed by atoms with Gasteiger partial charge in [-0.25, -0.2) is 4.68 Å². The first-order valence-corrected chi connectivity index (χ1v) is 7.05. The summed E-state index contributed by atoms with van der Waals surface area (Å²) in [6.07, 6.45) is 0.904. The number of ether oxygens (including phenoxy) is 1. The van der Waals surface area contributed by atoms with E-state index in [-0.39, 0.29) is 11.7 Å². The summed E-state index contributed by atoms with van der Waals surface area (Å²) in [5, 5.41) is 7.55. The van der Waals surface area contributed by atoms with Crippen LogP contribution in [0.4, 0.5) is 5.82 Å². The van der Waals surface area contributed by atoms with Crippen molar-refractivity contribution < 1.29 is 9.53 Å². The van der Waals surface area contributed by atoms with Crippen LogP contribution >= 0.6 is 0 Å². The number of carbonyl (C=O) groups excluding carboxylic acids is 1. The van der Waals surface area contributed by atoms with Gasteiger partial charge in [-0.3, -0.25) is 4.79 Å². The van der Waals surface area contributed by atoms with Crippen molar-refractivity contribution in [1.29, 1.82) is 0 Å². The zero-order chi connectivity index (χ0) is 14.8. The SMILES string of the molecule is CCOc1ccc(C2CCNc3cc(C(N)=O)nn32)cc1. The zero-order valence-corrected chi connectivity index (χ0v) is 11.9. The van der Waals surface area contributed by atoms with E-state index in [2.05, 4.69) is 10.4 Å². The molecule has 1 aromatic heterocycles. The van der Waals surface area contributed by atoms with E-state index in [1.54, 1.807) is 6.07 Å². The number of nitrogens with two attached hydrogens (primary N) is 1. The molecule has 0 aliphatic carbocycles. The van der Waals surface area contributed by atoms with Gasteiger partial charge in [-0.1, -0.05) is 12.1 Å². The van der Waals surface area contributed by atoms with E-state index < -0.39 is 5.91 Å². The molecule has 1 aromatic carbocycles. The number of nitrogens with zero attached hydrogens (tertiary/aromatic N) is 2. The van der Waals surface area contributed by atoms with Crippen LogP contribution in [0.3, 0.4) is 0 Å². The number of primary amides is 1. The molecule has 0 bridgehead atoms. The molecule has 3 N–H and O–H groups in total. The maximum absolute atomic E-state index is 11.3. The Morgan fingerprint density at radius 2 is 2.24 bits per heavy atom. The summed E-state index contributed by atoms with van der Waals surface area (Å²) in [6, 6.07) is 9.79. The van der Waals surface area contributed by atoms with Gasteiger partial charge in [0.2, 0.25) is 0 Å². The summed E-state index contributed by atoms with van der Waals surface area (Å²) in [5.41, 5.74) is 6.73. The Hall–Kier alpha value is -2.50. The van der Waals surface area contributed by atoms with Crippen LogP contribution in [0.1, 0.15) is 35.4 Å². The number of hydrogen-bond acceptors (Lipinski definition) is 4. The van der Waals surface area contributed by atoms with Gasteiger partial charge in [0.25, 0.3) is 5.91 Å². The van der Waals surface area contributed by atoms with Crippen molar-refractivity contribution in [3.63, 3.8) is 0 Å². The van der Waals surface area contributed by atoms with Gasteiger partial charge in [-0.2, -0.15) is 5.10 Å². The van der Waals surface area contributed by atoms with Crippen molar-refractivity contribution in [3.8, 4) is 5.75 Å². The summed E-state index contributed by atoms with van der Waals surface area (Å²) >= 11 is 0. The van der Waals surface area contributed by atoms with Gasteiger partial charge in [0.1, 0.15) is 11.6 Å². The molecule has 3 rings (SSSR count). The number of amides is 1. The van der Waals surface area contributed by atoms with Crippen molar-refractivity contribution in [3.05, 3.63) is 41.6 Å². The van der Waals surface area contributed by atoms with Crippen LogP contribution in [0, 0.1) is 0 Å². The van der Waals surface area contributed by atoms with E-state index in [9.17, 15) is 4.79 Å². The van der Waals surface area contributed by atoms with Crippen LogP contribution in [-0.2, 0) is 0 Å². The maximum atomic E-state index is 11.3. The highest BCUT2D eigenvalue weighted by atomic mass is 16.5. The molecule has 0 spiro atoms. The number of aromatic nitrogens is 2. The minimum Gasteiger partial charge on any atom is -0.494 e. The first-order chi connectivity index (χ1) is 10.2. The van der Waals surface area contributed by atoms with Gasteiger partial charge in [0, 0.05) is 12.6 Å². The summed E-state index contributed by atoms with van der Waals surface area (Å²) in [7, 11) is 0. The molecular weight excluding hydrogens is 268 g/mol. The Bertz CT molecular complexity index is 648. The van der Waals surface area contributed by atoms with Crippen LogP contribution in [0.5, 0.6) is 5.75 Å². The molecule has 6 nitrogen and oxygen atoms in total. The Kier molecular flexibility index (Phi) is 3.51. The second-order valence-electron chi connectivity index (χ2n) is 4.96. The first kappa shape index (κ1) is 13.5. The number of rotatable bonds is 4. The fraction of sp³-hybridized carbons (Fsp3) is 0.333. The van der Waals surface area contributed by atoms with Gasteiger partial charge >= 0.3 is 0 Å². The summed E-state index contributed by atoms with van der Waals surface area (Å²) in [5.74, 6) is 1.17. The molecule has 0 fully saturated rings. The Labute approximate surface area is 122 Å². The molecule has 1 aliphatic heterocycles. The van der Waals surface area contributed by atoms with Crippen LogP contribution < -0.4 is 15.8 Å². The van der Waals surface area contributed by atoms with Crippen LogP contribution in [0.15, 0.2) is 30.3 Å². The van der Waals surface area contributed by atoms with Gasteiger partial charge in [0.05, 0.1) is 12.6 Å². The lowest BCUT2D eigenvalue weighted by molar-refractivity contribution is 0.0994. The van der Waals surface area contributed by atoms with Crippen molar-refractivity contribution in [1.82, 2.24) is 9.78 Å². The molecule has 2 aromatic rings. The lowest BCUT2D eigenvalue weighted by atomic mass is 10.0. The number of fused-ring (bicyclic) bond motifs is 1. The Balaban J connectivity index is 1.92. The van der Waals surface area contributed by atoms with E-state index in [0.717, 1.165) is 30.1 Å². The lowest BCUT2D eigenvalue weighted by Crippen LogP contribution is -2.24. The quantitative estimate of drug-likeness (QED) is 0.897. The van der Waals surface area contributed by atoms with Crippen molar-refractivity contribution >= 4 is 11.7 Å². The van der Waals surface area contributed by atoms with Crippen LogP contribution in [-0.4, -0.2) is 28.8 Å². The summed E-state index contributed by atoms with van der Waals surface area (Å²) < 4.78 is 7.29. The molecule has 1 amide bonds.